The van der Waals surface area contributed by atoms with Crippen molar-refractivity contribution in [1.82, 2.24) is 19.7 Å². The zero-order valence-corrected chi connectivity index (χ0v) is 15.4. The number of para-hydroxylation sites is 1. The van der Waals surface area contributed by atoms with Gasteiger partial charge in [0.25, 0.3) is 0 Å². The smallest absolute Gasteiger partial charge is 0.233 e. The maximum atomic E-state index is 12.4. The molecule has 0 aliphatic carbocycles. The first-order valence-electron chi connectivity index (χ1n) is 8.70. The van der Waals surface area contributed by atoms with Crippen molar-refractivity contribution in [3.05, 3.63) is 48.2 Å². The van der Waals surface area contributed by atoms with Crippen molar-refractivity contribution in [1.29, 1.82) is 0 Å². The van der Waals surface area contributed by atoms with Gasteiger partial charge in [-0.05, 0) is 43.5 Å². The molecule has 4 rings (SSSR count). The van der Waals surface area contributed by atoms with Crippen LogP contribution in [0.4, 0.5) is 0 Å². The van der Waals surface area contributed by atoms with E-state index >= 15 is 0 Å². The normalized spacial score (nSPS) is 14.1. The van der Waals surface area contributed by atoms with Crippen LogP contribution in [-0.2, 0) is 4.79 Å². The molecule has 3 aromatic rings. The average molecular weight is 368 g/mol. The molecule has 0 bridgehead atoms. The largest absolute Gasteiger partial charge is 0.461 e. The lowest BCUT2D eigenvalue weighted by Gasteiger charge is -2.15. The molecule has 0 N–H and O–H groups in total. The molecule has 0 atom stereocenters. The van der Waals surface area contributed by atoms with Gasteiger partial charge >= 0.3 is 0 Å². The number of thioether (sulfide) groups is 1. The lowest BCUT2D eigenvalue weighted by atomic mass is 10.2. The molecule has 0 spiro atoms. The van der Waals surface area contributed by atoms with Crippen molar-refractivity contribution in [3.63, 3.8) is 0 Å². The molecule has 0 saturated carbocycles. The highest BCUT2D eigenvalue weighted by atomic mass is 32.2. The number of hydrogen-bond donors (Lipinski definition) is 0. The first-order chi connectivity index (χ1) is 12.7. The summed E-state index contributed by atoms with van der Waals surface area (Å²) in [4.78, 5) is 14.3. The number of aryl methyl sites for hydroxylation is 1. The van der Waals surface area contributed by atoms with Gasteiger partial charge in [-0.25, -0.2) is 0 Å². The monoisotopic (exact) mass is 368 g/mol. The maximum absolute atomic E-state index is 12.4. The van der Waals surface area contributed by atoms with Gasteiger partial charge in [0.15, 0.2) is 10.9 Å². The summed E-state index contributed by atoms with van der Waals surface area (Å²) in [7, 11) is 0. The third-order valence-electron chi connectivity index (χ3n) is 4.51. The number of amides is 1. The minimum atomic E-state index is 0.159. The van der Waals surface area contributed by atoms with Gasteiger partial charge in [0.1, 0.15) is 0 Å². The summed E-state index contributed by atoms with van der Waals surface area (Å²) in [5.74, 6) is 1.81. The van der Waals surface area contributed by atoms with Crippen LogP contribution in [0.15, 0.2) is 52.2 Å². The van der Waals surface area contributed by atoms with E-state index in [1.165, 1.54) is 11.8 Å². The van der Waals surface area contributed by atoms with Gasteiger partial charge in [-0.3, -0.25) is 9.36 Å². The molecule has 7 heteroatoms. The maximum Gasteiger partial charge on any atom is 0.233 e. The van der Waals surface area contributed by atoms with Gasteiger partial charge in [-0.2, -0.15) is 0 Å². The van der Waals surface area contributed by atoms with Crippen molar-refractivity contribution in [2.75, 3.05) is 18.8 Å². The van der Waals surface area contributed by atoms with Crippen molar-refractivity contribution >= 4 is 17.7 Å². The molecule has 2 aromatic heterocycles. The molecule has 1 aromatic carbocycles. The molecule has 3 heterocycles. The van der Waals surface area contributed by atoms with E-state index in [4.69, 9.17) is 4.42 Å². The predicted octanol–water partition coefficient (Wildman–Crippen LogP) is 3.55. The van der Waals surface area contributed by atoms with Gasteiger partial charge in [-0.1, -0.05) is 30.0 Å². The molecule has 1 saturated heterocycles. The van der Waals surface area contributed by atoms with Crippen LogP contribution in [0.1, 0.15) is 18.4 Å². The third kappa shape index (κ3) is 3.26. The highest BCUT2D eigenvalue weighted by molar-refractivity contribution is 7.99. The number of benzene rings is 1. The Bertz CT molecular complexity index is 898. The van der Waals surface area contributed by atoms with Crippen LogP contribution < -0.4 is 0 Å². The van der Waals surface area contributed by atoms with E-state index in [2.05, 4.69) is 10.2 Å². The Morgan fingerprint density at radius 2 is 1.96 bits per heavy atom. The van der Waals surface area contributed by atoms with E-state index in [-0.39, 0.29) is 5.91 Å². The number of rotatable bonds is 5. The van der Waals surface area contributed by atoms with Crippen LogP contribution in [0.5, 0.6) is 0 Å². The molecule has 6 nitrogen and oxygen atoms in total. The second-order valence-electron chi connectivity index (χ2n) is 6.28. The van der Waals surface area contributed by atoms with E-state index in [0.29, 0.717) is 22.5 Å². The number of carbonyl (C=O) groups excluding carboxylic acids is 1. The SMILES string of the molecule is Cc1ccccc1-n1c(SCC(=O)N2CCCC2)nnc1-c1ccco1. The molecule has 1 amide bonds. The first-order valence-corrected chi connectivity index (χ1v) is 9.68. The van der Waals surface area contributed by atoms with Crippen LogP contribution in [0.2, 0.25) is 0 Å². The Morgan fingerprint density at radius 3 is 2.69 bits per heavy atom. The fourth-order valence-corrected chi connectivity index (χ4v) is 3.99. The summed E-state index contributed by atoms with van der Waals surface area (Å²) >= 11 is 1.42. The number of hydrogen-bond acceptors (Lipinski definition) is 5. The second-order valence-corrected chi connectivity index (χ2v) is 7.22. The van der Waals surface area contributed by atoms with Gasteiger partial charge in [0, 0.05) is 13.1 Å². The van der Waals surface area contributed by atoms with Crippen LogP contribution >= 0.6 is 11.8 Å². The van der Waals surface area contributed by atoms with Crippen molar-refractivity contribution in [3.8, 4) is 17.3 Å². The van der Waals surface area contributed by atoms with Crippen molar-refractivity contribution in [2.24, 2.45) is 0 Å². The van der Waals surface area contributed by atoms with Gasteiger partial charge in [-0.15, -0.1) is 10.2 Å². The van der Waals surface area contributed by atoms with Crippen molar-refractivity contribution in [2.45, 2.75) is 24.9 Å². The summed E-state index contributed by atoms with van der Waals surface area (Å²) in [5.41, 5.74) is 2.09. The lowest BCUT2D eigenvalue weighted by Crippen LogP contribution is -2.29. The van der Waals surface area contributed by atoms with Crippen LogP contribution in [0.3, 0.4) is 0 Å². The molecule has 0 unspecified atom stereocenters. The van der Waals surface area contributed by atoms with E-state index in [1.807, 2.05) is 52.8 Å². The first kappa shape index (κ1) is 16.9. The zero-order valence-electron chi connectivity index (χ0n) is 14.6. The molecule has 26 heavy (non-hydrogen) atoms. The Balaban J connectivity index is 1.66. The second kappa shape index (κ2) is 7.37. The molecule has 134 valence electrons. The molecule has 1 fully saturated rings. The van der Waals surface area contributed by atoms with Gasteiger partial charge in [0.2, 0.25) is 11.7 Å². The summed E-state index contributed by atoms with van der Waals surface area (Å²) in [6.07, 6.45) is 3.81. The third-order valence-corrected chi connectivity index (χ3v) is 5.43. The standard InChI is InChI=1S/C19H20N4O2S/c1-14-7-2-3-8-15(14)23-18(16-9-6-12-25-16)20-21-19(23)26-13-17(24)22-10-4-5-11-22/h2-3,6-9,12H,4-5,10-11,13H2,1H3. The van der Waals surface area contributed by atoms with Crippen LogP contribution in [-0.4, -0.2) is 44.4 Å². The minimum Gasteiger partial charge on any atom is -0.461 e. The summed E-state index contributed by atoms with van der Waals surface area (Å²) in [6.45, 7) is 3.77. The predicted molar refractivity (Wildman–Crippen MR) is 100 cm³/mol. The molecule has 1 aliphatic heterocycles. The van der Waals surface area contributed by atoms with E-state index in [1.54, 1.807) is 6.26 Å². The lowest BCUT2D eigenvalue weighted by molar-refractivity contribution is -0.127. The fraction of sp³-hybridized carbons (Fsp3) is 0.316. The van der Waals surface area contributed by atoms with E-state index in [0.717, 1.165) is 37.2 Å². The minimum absolute atomic E-state index is 0.159. The molecule has 0 radical (unpaired) electrons. The average Bonchev–Trinajstić information content (AvgIpc) is 3.40. The summed E-state index contributed by atoms with van der Waals surface area (Å²) < 4.78 is 7.50. The Kier molecular flexibility index (Phi) is 4.79. The molecule has 1 aliphatic rings. The molecular weight excluding hydrogens is 348 g/mol. The van der Waals surface area contributed by atoms with Crippen LogP contribution in [0, 0.1) is 6.92 Å². The Labute approximate surface area is 156 Å². The van der Waals surface area contributed by atoms with Gasteiger partial charge < -0.3 is 9.32 Å². The van der Waals surface area contributed by atoms with E-state index < -0.39 is 0 Å². The number of carbonyl (C=O) groups is 1. The van der Waals surface area contributed by atoms with Crippen molar-refractivity contribution < 1.29 is 9.21 Å². The van der Waals surface area contributed by atoms with E-state index in [9.17, 15) is 4.79 Å². The van der Waals surface area contributed by atoms with Crippen LogP contribution in [0.25, 0.3) is 17.3 Å². The highest BCUT2D eigenvalue weighted by Gasteiger charge is 2.22. The highest BCUT2D eigenvalue weighted by Crippen LogP contribution is 2.29. The van der Waals surface area contributed by atoms with Gasteiger partial charge in [0.05, 0.1) is 17.7 Å². The quantitative estimate of drug-likeness (QED) is 0.645. The number of nitrogens with zero attached hydrogens (tertiary/aromatic N) is 4. The topological polar surface area (TPSA) is 64.2 Å². The number of aromatic nitrogens is 3. The fourth-order valence-electron chi connectivity index (χ4n) is 3.14. The Hall–Kier alpha value is -2.54. The summed E-state index contributed by atoms with van der Waals surface area (Å²) in [6, 6.07) is 11.7. The summed E-state index contributed by atoms with van der Waals surface area (Å²) in [5, 5.41) is 9.35. The Morgan fingerprint density at radius 1 is 1.15 bits per heavy atom. The number of furan rings is 1. The number of likely N-dealkylation sites (tertiary alicyclic amines) is 1. The molecular formula is C19H20N4O2S. The zero-order chi connectivity index (χ0) is 17.9.